The van der Waals surface area contributed by atoms with Gasteiger partial charge < -0.3 is 35.6 Å². The van der Waals surface area contributed by atoms with Gasteiger partial charge in [-0.05, 0) is 54.2 Å². The summed E-state index contributed by atoms with van der Waals surface area (Å²) in [5, 5.41) is 12.4. The summed E-state index contributed by atoms with van der Waals surface area (Å²) in [4.78, 5) is 69.4. The number of nitrogens with zero attached hydrogens (tertiary/aromatic N) is 5. The van der Waals surface area contributed by atoms with Crippen LogP contribution in [0.25, 0.3) is 10.8 Å². The number of amides is 1. The molecule has 0 saturated carbocycles. The van der Waals surface area contributed by atoms with Crippen molar-refractivity contribution in [2.45, 2.75) is 50.1 Å². The second-order valence-corrected chi connectivity index (χ2v) is 16.5. The van der Waals surface area contributed by atoms with Gasteiger partial charge in [0.15, 0.2) is 0 Å². The molecule has 4 aliphatic heterocycles. The number of hydrogen-bond acceptors (Lipinski definition) is 14. The van der Waals surface area contributed by atoms with Gasteiger partial charge in [-0.25, -0.2) is 9.59 Å². The third-order valence-electron chi connectivity index (χ3n) is 10.5. The standard InChI is InChI=1S/C27H40N4O3S2.C12H13N3O2.C2HF3O2/c1-34-27(33)25(12-14-36-2)29-26(32)18-30(17-23-10-6-13-31(23)16-22(28)19-35)15-21-9-5-8-20-7-3-4-11-24(20)21;16-9-7-8(13-1-2-13)12(17)11(15-5-6-15)10(9)14-3-4-14;3-2(4,5)1(6)7/h3-5,7-9,11,22-23,25,35H,6,10,12-19,28H2,1-2H3,(H,29,32);7H,1-6H2;(H,6,7)/t22?,23-,25?;;/m0../s1. The van der Waals surface area contributed by atoms with Crippen LogP contribution < -0.4 is 11.1 Å². The first-order valence-corrected chi connectivity index (χ1v) is 21.9. The molecule has 19 heteroatoms. The number of carbonyl (C=O) groups excluding carboxylic acids is 4. The lowest BCUT2D eigenvalue weighted by Crippen LogP contribution is -2.49. The third-order valence-corrected chi connectivity index (χ3v) is 11.6. The number of hydrogen-bond donors (Lipinski definition) is 4. The van der Waals surface area contributed by atoms with Crippen LogP contribution >= 0.6 is 24.4 Å². The molecule has 2 aromatic rings. The van der Waals surface area contributed by atoms with E-state index in [1.54, 1.807) is 11.8 Å². The number of nitrogens with two attached hydrogens (primary N) is 1. The Morgan fingerprint density at radius 2 is 1.63 bits per heavy atom. The Hall–Kier alpha value is -4.30. The highest BCUT2D eigenvalue weighted by molar-refractivity contribution is 7.98. The number of ketones is 2. The average Bonchev–Trinajstić information content (AvgIpc) is 4.07. The van der Waals surface area contributed by atoms with Crippen LogP contribution in [0.4, 0.5) is 13.2 Å². The minimum Gasteiger partial charge on any atom is -0.475 e. The number of ether oxygens (including phenoxy) is 1. The molecule has 5 aliphatic rings. The van der Waals surface area contributed by atoms with Crippen LogP contribution in [-0.2, 0) is 35.3 Å². The lowest BCUT2D eigenvalue weighted by atomic mass is 10.0. The number of rotatable bonds is 17. The molecule has 1 amide bonds. The number of carboxylic acids is 1. The van der Waals surface area contributed by atoms with Crippen LogP contribution in [0.2, 0.25) is 0 Å². The van der Waals surface area contributed by atoms with E-state index in [0.717, 1.165) is 77.5 Å². The van der Waals surface area contributed by atoms with Gasteiger partial charge in [0.25, 0.3) is 0 Å². The van der Waals surface area contributed by atoms with Crippen molar-refractivity contribution in [2.75, 3.05) is 90.3 Å². The van der Waals surface area contributed by atoms with E-state index < -0.39 is 24.2 Å². The lowest BCUT2D eigenvalue weighted by molar-refractivity contribution is -0.192. The van der Waals surface area contributed by atoms with E-state index >= 15 is 0 Å². The third kappa shape index (κ3) is 13.3. The molecule has 0 aromatic heterocycles. The Morgan fingerprint density at radius 1 is 1.00 bits per heavy atom. The van der Waals surface area contributed by atoms with E-state index in [0.29, 0.717) is 41.9 Å². The van der Waals surface area contributed by atoms with Crippen molar-refractivity contribution in [1.29, 1.82) is 0 Å². The highest BCUT2D eigenvalue weighted by atomic mass is 32.2. The number of halogens is 3. The monoisotopic (exact) mass is 877 g/mol. The van der Waals surface area contributed by atoms with Gasteiger partial charge in [-0.15, -0.1) is 0 Å². The second-order valence-electron chi connectivity index (χ2n) is 15.2. The smallest absolute Gasteiger partial charge is 0.475 e. The number of thioether (sulfide) groups is 1. The van der Waals surface area contributed by atoms with Gasteiger partial charge in [-0.2, -0.15) is 37.6 Å². The number of carboxylic acid groups (broad SMARTS) is 1. The molecule has 3 atom stereocenters. The molecule has 4 N–H and O–H groups in total. The first-order chi connectivity index (χ1) is 28.6. The number of allylic oxidation sites excluding steroid dienone is 1. The molecule has 0 radical (unpaired) electrons. The molecular weight excluding hydrogens is 824 g/mol. The number of thiol groups is 1. The van der Waals surface area contributed by atoms with Gasteiger partial charge in [0.1, 0.15) is 17.4 Å². The summed E-state index contributed by atoms with van der Waals surface area (Å²) in [6.45, 7) is 8.83. The second kappa shape index (κ2) is 21.5. The Bertz CT molecular complexity index is 1930. The van der Waals surface area contributed by atoms with Crippen molar-refractivity contribution in [1.82, 2.24) is 29.8 Å². The number of esters is 1. The van der Waals surface area contributed by atoms with E-state index in [4.69, 9.17) is 20.4 Å². The van der Waals surface area contributed by atoms with E-state index in [1.165, 1.54) is 29.5 Å². The summed E-state index contributed by atoms with van der Waals surface area (Å²) in [6, 6.07) is 14.4. The summed E-state index contributed by atoms with van der Waals surface area (Å²) >= 11 is 6.00. The average molecular weight is 878 g/mol. The number of likely N-dealkylation sites (tertiary alicyclic amines) is 1. The first kappa shape index (κ1) is 46.8. The fourth-order valence-corrected chi connectivity index (χ4v) is 7.79. The molecule has 2 aromatic carbocycles. The van der Waals surface area contributed by atoms with Crippen LogP contribution in [0.15, 0.2) is 65.6 Å². The van der Waals surface area contributed by atoms with Crippen molar-refractivity contribution in [2.24, 2.45) is 5.73 Å². The minimum absolute atomic E-state index is 0.00546. The number of nitrogens with one attached hydrogen (secondary N) is 1. The molecule has 14 nitrogen and oxygen atoms in total. The van der Waals surface area contributed by atoms with Crippen molar-refractivity contribution >= 4 is 64.6 Å². The fourth-order valence-electron chi connectivity index (χ4n) is 7.20. The number of alkyl halides is 3. The Balaban J connectivity index is 0.000000231. The summed E-state index contributed by atoms with van der Waals surface area (Å²) in [7, 11) is 1.36. The molecule has 7 rings (SSSR count). The maximum absolute atomic E-state index is 13.2. The van der Waals surface area contributed by atoms with Crippen molar-refractivity contribution in [3.8, 4) is 0 Å². The molecule has 1 aliphatic carbocycles. The zero-order chi connectivity index (χ0) is 43.6. The number of benzene rings is 2. The largest absolute Gasteiger partial charge is 0.490 e. The van der Waals surface area contributed by atoms with E-state index in [1.807, 2.05) is 33.1 Å². The number of methoxy groups -OCH3 is 1. The minimum atomic E-state index is -5.08. The highest BCUT2D eigenvalue weighted by Gasteiger charge is 2.43. The maximum atomic E-state index is 13.2. The van der Waals surface area contributed by atoms with Gasteiger partial charge in [-0.1, -0.05) is 42.5 Å². The Kier molecular flexibility index (Phi) is 16.7. The predicted molar refractivity (Wildman–Crippen MR) is 226 cm³/mol. The van der Waals surface area contributed by atoms with E-state index in [9.17, 15) is 32.3 Å². The summed E-state index contributed by atoms with van der Waals surface area (Å²) in [6.07, 6.45) is 1.16. The maximum Gasteiger partial charge on any atom is 0.490 e. The zero-order valence-corrected chi connectivity index (χ0v) is 35.6. The van der Waals surface area contributed by atoms with Gasteiger partial charge in [-0.3, -0.25) is 24.2 Å². The van der Waals surface area contributed by atoms with Gasteiger partial charge in [0.2, 0.25) is 17.5 Å². The summed E-state index contributed by atoms with van der Waals surface area (Å²) < 4.78 is 36.7. The van der Waals surface area contributed by atoms with Crippen molar-refractivity contribution < 1.29 is 47.0 Å². The van der Waals surface area contributed by atoms with Crippen LogP contribution in [0, 0.1) is 0 Å². The van der Waals surface area contributed by atoms with Crippen LogP contribution in [0.5, 0.6) is 0 Å². The molecule has 4 saturated heterocycles. The number of aliphatic carboxylic acids is 1. The molecule has 328 valence electrons. The molecule has 2 unspecified atom stereocenters. The van der Waals surface area contributed by atoms with Crippen LogP contribution in [0.3, 0.4) is 0 Å². The molecular formula is C41H54F3N7O7S2. The first-order valence-electron chi connectivity index (χ1n) is 19.9. The normalized spacial score (nSPS) is 19.6. The molecule has 4 heterocycles. The van der Waals surface area contributed by atoms with Gasteiger partial charge >= 0.3 is 18.1 Å². The lowest BCUT2D eigenvalue weighted by Gasteiger charge is -2.32. The SMILES string of the molecule is COC(=O)C(CCSC)NC(=O)CN(Cc1cccc2ccccc12)C[C@@H]1CCCN1CC(N)CS.O=C(O)C(F)(F)F.O=C1C=C(N2CC2)C(=O)C(N2CC2)=C1N1CC1. The molecule has 4 fully saturated rings. The molecule has 0 spiro atoms. The quantitative estimate of drug-likeness (QED) is 0.0793. The summed E-state index contributed by atoms with van der Waals surface area (Å²) in [5.74, 6) is -1.86. The van der Waals surface area contributed by atoms with Crippen molar-refractivity contribution in [3.63, 3.8) is 0 Å². The molecule has 0 bridgehead atoms. The molecule has 60 heavy (non-hydrogen) atoms. The van der Waals surface area contributed by atoms with E-state index in [2.05, 4.69) is 58.1 Å². The van der Waals surface area contributed by atoms with Gasteiger partial charge in [0.05, 0.1) is 19.4 Å². The Morgan fingerprint density at radius 3 is 2.23 bits per heavy atom. The highest BCUT2D eigenvalue weighted by Crippen LogP contribution is 2.34. The number of Topliss-reactive ketones (excluding diaryl/α,β-unsaturated/α-hetero) is 1. The zero-order valence-electron chi connectivity index (χ0n) is 33.9. The van der Waals surface area contributed by atoms with Crippen molar-refractivity contribution in [3.05, 3.63) is 71.2 Å². The topological polar surface area (TPSA) is 168 Å². The van der Waals surface area contributed by atoms with Crippen LogP contribution in [-0.4, -0.2) is 174 Å². The Labute approximate surface area is 357 Å². The fraction of sp³-hybridized carbons (Fsp3) is 0.537. The number of fused-ring (bicyclic) bond motifs is 1. The predicted octanol–water partition coefficient (Wildman–Crippen LogP) is 2.59. The summed E-state index contributed by atoms with van der Waals surface area (Å²) in [5.41, 5.74) is 9.28. The number of carbonyl (C=O) groups is 5. The van der Waals surface area contributed by atoms with Crippen LogP contribution in [0.1, 0.15) is 24.8 Å². The van der Waals surface area contributed by atoms with E-state index in [-0.39, 0.29) is 30.1 Å². The van der Waals surface area contributed by atoms with Gasteiger partial charge in [0, 0.05) is 82.8 Å².